The molecule has 0 spiro atoms. The summed E-state index contributed by atoms with van der Waals surface area (Å²) in [5.74, 6) is -0.992. The first-order chi connectivity index (χ1) is 12.6. The molecule has 27 heavy (non-hydrogen) atoms. The van der Waals surface area contributed by atoms with Crippen LogP contribution in [0.5, 0.6) is 0 Å². The van der Waals surface area contributed by atoms with Gasteiger partial charge in [0.2, 0.25) is 0 Å². The molecule has 0 unspecified atom stereocenters. The van der Waals surface area contributed by atoms with E-state index in [9.17, 15) is 14.0 Å². The zero-order valence-electron chi connectivity index (χ0n) is 15.6. The molecule has 0 aliphatic rings. The highest BCUT2D eigenvalue weighted by Crippen LogP contribution is 2.30. The molecule has 0 bridgehead atoms. The Balaban J connectivity index is 2.34. The second-order valence-corrected chi connectivity index (χ2v) is 7.30. The second kappa shape index (κ2) is 8.39. The molecule has 0 heterocycles. The minimum Gasteiger partial charge on any atom is -0.465 e. The summed E-state index contributed by atoms with van der Waals surface area (Å²) in [7, 11) is 1.28. The summed E-state index contributed by atoms with van der Waals surface area (Å²) in [5.41, 5.74) is 1.46. The molecule has 0 aliphatic carbocycles. The normalized spacial score (nSPS) is 11.0. The molecule has 2 aromatic rings. The lowest BCUT2D eigenvalue weighted by molar-refractivity contribution is 0.0523. The number of rotatable bonds is 4. The van der Waals surface area contributed by atoms with E-state index in [0.717, 1.165) is 0 Å². The van der Waals surface area contributed by atoms with E-state index in [2.05, 4.69) is 5.32 Å². The van der Waals surface area contributed by atoms with Crippen LogP contribution in [0.3, 0.4) is 0 Å². The van der Waals surface area contributed by atoms with Crippen molar-refractivity contribution in [2.75, 3.05) is 7.11 Å². The van der Waals surface area contributed by atoms with Crippen molar-refractivity contribution in [3.05, 3.63) is 58.4 Å². The maximum atomic E-state index is 13.3. The molecule has 2 aromatic carbocycles. The Morgan fingerprint density at radius 2 is 1.85 bits per heavy atom. The van der Waals surface area contributed by atoms with Crippen LogP contribution in [0, 0.1) is 5.82 Å². The third-order valence-electron chi connectivity index (χ3n) is 3.49. The van der Waals surface area contributed by atoms with Crippen LogP contribution >= 0.6 is 11.6 Å². The number of hydrogen-bond acceptors (Lipinski definition) is 4. The monoisotopic (exact) mass is 393 g/mol. The molecule has 144 valence electrons. The fourth-order valence-corrected chi connectivity index (χ4v) is 2.67. The molecule has 0 saturated carbocycles. The number of halogens is 2. The van der Waals surface area contributed by atoms with E-state index >= 15 is 0 Å². The van der Waals surface area contributed by atoms with Gasteiger partial charge >= 0.3 is 12.1 Å². The van der Waals surface area contributed by atoms with Crippen LogP contribution in [0.4, 0.5) is 9.18 Å². The highest BCUT2D eigenvalue weighted by atomic mass is 35.5. The van der Waals surface area contributed by atoms with Crippen LogP contribution in [0.1, 0.15) is 36.7 Å². The Hall–Kier alpha value is -2.60. The molecule has 0 aromatic heterocycles. The third-order valence-corrected chi connectivity index (χ3v) is 3.80. The lowest BCUT2D eigenvalue weighted by atomic mass is 9.99. The first-order valence-electron chi connectivity index (χ1n) is 8.23. The Bertz CT molecular complexity index is 862. The Morgan fingerprint density at radius 1 is 1.15 bits per heavy atom. The summed E-state index contributed by atoms with van der Waals surface area (Å²) in [6, 6.07) is 8.96. The van der Waals surface area contributed by atoms with Gasteiger partial charge in [-0.1, -0.05) is 11.6 Å². The van der Waals surface area contributed by atoms with Gasteiger partial charge in [0.1, 0.15) is 11.4 Å². The number of carbonyl (C=O) groups excluding carboxylic acids is 2. The van der Waals surface area contributed by atoms with Gasteiger partial charge in [0.25, 0.3) is 0 Å². The fraction of sp³-hybridized carbons (Fsp3) is 0.300. The van der Waals surface area contributed by atoms with E-state index < -0.39 is 23.5 Å². The molecular formula is C20H21ClFNO4. The van der Waals surface area contributed by atoms with Gasteiger partial charge in [-0.3, -0.25) is 0 Å². The highest BCUT2D eigenvalue weighted by Gasteiger charge is 2.17. The van der Waals surface area contributed by atoms with Crippen LogP contribution in [0.15, 0.2) is 36.4 Å². The van der Waals surface area contributed by atoms with E-state index in [1.54, 1.807) is 39.0 Å². The average molecular weight is 394 g/mol. The second-order valence-electron chi connectivity index (χ2n) is 6.89. The summed E-state index contributed by atoms with van der Waals surface area (Å²) in [6.45, 7) is 5.42. The lowest BCUT2D eigenvalue weighted by Crippen LogP contribution is -2.32. The van der Waals surface area contributed by atoms with Gasteiger partial charge in [0.15, 0.2) is 0 Å². The molecule has 1 amide bonds. The van der Waals surface area contributed by atoms with Crippen molar-refractivity contribution in [3.8, 4) is 11.1 Å². The van der Waals surface area contributed by atoms with Crippen molar-refractivity contribution in [2.45, 2.75) is 32.9 Å². The van der Waals surface area contributed by atoms with Crippen molar-refractivity contribution in [3.63, 3.8) is 0 Å². The lowest BCUT2D eigenvalue weighted by Gasteiger charge is -2.20. The van der Waals surface area contributed by atoms with Crippen LogP contribution in [0.2, 0.25) is 5.02 Å². The smallest absolute Gasteiger partial charge is 0.407 e. The molecule has 0 saturated heterocycles. The molecule has 0 radical (unpaired) electrons. The number of hydrogen-bond donors (Lipinski definition) is 1. The van der Waals surface area contributed by atoms with Crippen LogP contribution in [-0.2, 0) is 16.0 Å². The molecular weight excluding hydrogens is 373 g/mol. The maximum Gasteiger partial charge on any atom is 0.407 e. The van der Waals surface area contributed by atoms with Gasteiger partial charge in [-0.25, -0.2) is 14.0 Å². The summed E-state index contributed by atoms with van der Waals surface area (Å²) in [6.07, 6.45) is -0.577. The summed E-state index contributed by atoms with van der Waals surface area (Å²) in [4.78, 5) is 23.9. The maximum absolute atomic E-state index is 13.3. The van der Waals surface area contributed by atoms with Crippen LogP contribution < -0.4 is 5.32 Å². The van der Waals surface area contributed by atoms with Gasteiger partial charge in [0, 0.05) is 12.1 Å². The van der Waals surface area contributed by atoms with Crippen LogP contribution in [-0.4, -0.2) is 24.8 Å². The number of methoxy groups -OCH3 is 1. The summed E-state index contributed by atoms with van der Waals surface area (Å²) >= 11 is 6.14. The number of benzene rings is 2. The quantitative estimate of drug-likeness (QED) is 0.746. The molecule has 0 aliphatic heterocycles. The van der Waals surface area contributed by atoms with Gasteiger partial charge in [-0.15, -0.1) is 0 Å². The number of esters is 1. The number of carbonyl (C=O) groups is 2. The molecule has 1 N–H and O–H groups in total. The van der Waals surface area contributed by atoms with Gasteiger partial charge < -0.3 is 14.8 Å². The van der Waals surface area contributed by atoms with Crippen molar-refractivity contribution in [1.82, 2.24) is 5.32 Å². The first-order valence-corrected chi connectivity index (χ1v) is 8.61. The van der Waals surface area contributed by atoms with E-state index in [-0.39, 0.29) is 17.1 Å². The molecule has 5 nitrogen and oxygen atoms in total. The molecule has 7 heteroatoms. The van der Waals surface area contributed by atoms with Gasteiger partial charge in [-0.05, 0) is 68.3 Å². The first kappa shape index (κ1) is 20.7. The Kier molecular flexibility index (Phi) is 6.44. The van der Waals surface area contributed by atoms with E-state index in [4.69, 9.17) is 21.1 Å². The van der Waals surface area contributed by atoms with Crippen molar-refractivity contribution in [2.24, 2.45) is 0 Å². The van der Waals surface area contributed by atoms with E-state index in [0.29, 0.717) is 16.7 Å². The predicted octanol–water partition coefficient (Wildman–Crippen LogP) is 4.96. The topological polar surface area (TPSA) is 64.6 Å². The number of ether oxygens (including phenoxy) is 2. The molecule has 0 fully saturated rings. The fourth-order valence-electron chi connectivity index (χ4n) is 2.40. The third kappa shape index (κ3) is 5.96. The zero-order chi connectivity index (χ0) is 20.2. The van der Waals surface area contributed by atoms with Crippen molar-refractivity contribution in [1.29, 1.82) is 0 Å². The summed E-state index contributed by atoms with van der Waals surface area (Å²) < 4.78 is 23.3. The Morgan fingerprint density at radius 3 is 2.44 bits per heavy atom. The zero-order valence-corrected chi connectivity index (χ0v) is 16.3. The Labute approximate surface area is 162 Å². The van der Waals surface area contributed by atoms with Crippen molar-refractivity contribution < 1.29 is 23.5 Å². The number of alkyl carbamates (subject to hydrolysis) is 1. The minimum atomic E-state index is -0.620. The SMILES string of the molecule is COC(=O)c1cc(CNC(=O)OC(C)(C)C)cc(-c2ccc(F)cc2Cl)c1. The van der Waals surface area contributed by atoms with Gasteiger partial charge in [0.05, 0.1) is 17.7 Å². The average Bonchev–Trinajstić information content (AvgIpc) is 2.57. The number of nitrogens with one attached hydrogen (secondary N) is 1. The highest BCUT2D eigenvalue weighted by molar-refractivity contribution is 6.33. The van der Waals surface area contributed by atoms with E-state index in [1.165, 1.54) is 25.3 Å². The van der Waals surface area contributed by atoms with Gasteiger partial charge in [-0.2, -0.15) is 0 Å². The molecule has 0 atom stereocenters. The predicted molar refractivity (Wildman–Crippen MR) is 101 cm³/mol. The summed E-state index contributed by atoms with van der Waals surface area (Å²) in [5, 5.41) is 2.85. The molecule has 2 rings (SSSR count). The van der Waals surface area contributed by atoms with Crippen molar-refractivity contribution >= 4 is 23.7 Å². The minimum absolute atomic E-state index is 0.131. The van der Waals surface area contributed by atoms with Crippen LogP contribution in [0.25, 0.3) is 11.1 Å². The largest absolute Gasteiger partial charge is 0.465 e. The number of amides is 1. The van der Waals surface area contributed by atoms with E-state index in [1.807, 2.05) is 0 Å². The standard InChI is InChI=1S/C20H21ClFNO4/c1-20(2,3)27-19(25)23-11-12-7-13(9-14(8-12)18(24)26-4)16-6-5-15(22)10-17(16)21/h5-10H,11H2,1-4H3,(H,23,25).